The van der Waals surface area contributed by atoms with Gasteiger partial charge in [-0.2, -0.15) is 0 Å². The van der Waals surface area contributed by atoms with E-state index in [0.717, 1.165) is 6.42 Å². The second-order valence-electron chi connectivity index (χ2n) is 4.90. The van der Waals surface area contributed by atoms with Crippen LogP contribution in [0.2, 0.25) is 0 Å². The first-order chi connectivity index (χ1) is 7.21. The number of hydrogen-bond acceptors (Lipinski definition) is 2. The van der Waals surface area contributed by atoms with Crippen molar-refractivity contribution in [2.24, 2.45) is 5.73 Å². The molecule has 1 atom stereocenters. The number of likely N-dealkylation sites (tertiary alicyclic amines) is 1. The van der Waals surface area contributed by atoms with Crippen molar-refractivity contribution in [1.29, 1.82) is 0 Å². The van der Waals surface area contributed by atoms with Gasteiger partial charge in [0.2, 0.25) is 0 Å². The molecule has 2 heteroatoms. The molecule has 90 valence electrons. The Labute approximate surface area is 95.2 Å². The molecule has 2 N–H and O–H groups in total. The Morgan fingerprint density at radius 1 is 1.13 bits per heavy atom. The quantitative estimate of drug-likeness (QED) is 0.733. The van der Waals surface area contributed by atoms with E-state index in [2.05, 4.69) is 25.7 Å². The van der Waals surface area contributed by atoms with E-state index in [1.807, 2.05) is 0 Å². The van der Waals surface area contributed by atoms with Gasteiger partial charge in [0.1, 0.15) is 0 Å². The van der Waals surface area contributed by atoms with Crippen LogP contribution in [0.3, 0.4) is 0 Å². The summed E-state index contributed by atoms with van der Waals surface area (Å²) in [6.45, 7) is 9.37. The van der Waals surface area contributed by atoms with E-state index in [1.165, 1.54) is 45.2 Å². The number of rotatable bonds is 6. The van der Waals surface area contributed by atoms with Crippen molar-refractivity contribution in [2.75, 3.05) is 13.1 Å². The van der Waals surface area contributed by atoms with Gasteiger partial charge in [0.15, 0.2) is 0 Å². The van der Waals surface area contributed by atoms with Crippen molar-refractivity contribution < 1.29 is 0 Å². The maximum Gasteiger partial charge on any atom is 0.0355 e. The predicted molar refractivity (Wildman–Crippen MR) is 67.0 cm³/mol. The molecule has 0 spiro atoms. The summed E-state index contributed by atoms with van der Waals surface area (Å²) in [7, 11) is 0. The molecule has 1 heterocycles. The molecular formula is C13H28N2. The Kier molecular flexibility index (Phi) is 5.07. The topological polar surface area (TPSA) is 29.3 Å². The molecule has 1 aliphatic rings. The van der Waals surface area contributed by atoms with E-state index in [9.17, 15) is 0 Å². The molecule has 0 bridgehead atoms. The summed E-state index contributed by atoms with van der Waals surface area (Å²) in [5.41, 5.74) is 6.71. The molecule has 0 aliphatic carbocycles. The van der Waals surface area contributed by atoms with E-state index < -0.39 is 0 Å². The van der Waals surface area contributed by atoms with Crippen molar-refractivity contribution in [3.63, 3.8) is 0 Å². The Bertz CT molecular complexity index is 169. The van der Waals surface area contributed by atoms with Gasteiger partial charge < -0.3 is 5.73 Å². The second kappa shape index (κ2) is 5.86. The van der Waals surface area contributed by atoms with Crippen LogP contribution in [0.5, 0.6) is 0 Å². The van der Waals surface area contributed by atoms with Gasteiger partial charge in [0.05, 0.1) is 0 Å². The molecule has 0 amide bonds. The molecule has 1 saturated heterocycles. The third kappa shape index (κ3) is 2.54. The Hall–Kier alpha value is -0.0800. The zero-order valence-corrected chi connectivity index (χ0v) is 10.8. The summed E-state index contributed by atoms with van der Waals surface area (Å²) in [5, 5.41) is 0. The molecular weight excluding hydrogens is 184 g/mol. The SMILES string of the molecule is CCCC(N)C(CC)(CC)N1CCCC1. The van der Waals surface area contributed by atoms with Crippen molar-refractivity contribution in [3.05, 3.63) is 0 Å². The van der Waals surface area contributed by atoms with Crippen molar-refractivity contribution >= 4 is 0 Å². The van der Waals surface area contributed by atoms with E-state index in [0.29, 0.717) is 6.04 Å². The Morgan fingerprint density at radius 3 is 2.07 bits per heavy atom. The van der Waals surface area contributed by atoms with Crippen LogP contribution in [0, 0.1) is 0 Å². The van der Waals surface area contributed by atoms with Crippen molar-refractivity contribution in [3.8, 4) is 0 Å². The van der Waals surface area contributed by atoms with Gasteiger partial charge in [0.25, 0.3) is 0 Å². The maximum absolute atomic E-state index is 6.42. The van der Waals surface area contributed by atoms with Gasteiger partial charge >= 0.3 is 0 Å². The second-order valence-corrected chi connectivity index (χ2v) is 4.90. The first kappa shape index (κ1) is 13.0. The molecule has 1 unspecified atom stereocenters. The minimum atomic E-state index is 0.284. The fourth-order valence-electron chi connectivity index (χ4n) is 3.20. The van der Waals surface area contributed by atoms with Crippen LogP contribution >= 0.6 is 0 Å². The largest absolute Gasteiger partial charge is 0.326 e. The maximum atomic E-state index is 6.42. The first-order valence-corrected chi connectivity index (χ1v) is 6.71. The molecule has 2 nitrogen and oxygen atoms in total. The van der Waals surface area contributed by atoms with Crippen LogP contribution < -0.4 is 5.73 Å². The molecule has 1 fully saturated rings. The van der Waals surface area contributed by atoms with E-state index in [4.69, 9.17) is 5.73 Å². The van der Waals surface area contributed by atoms with Crippen LogP contribution in [0.1, 0.15) is 59.3 Å². The summed E-state index contributed by atoms with van der Waals surface area (Å²) in [5.74, 6) is 0. The van der Waals surface area contributed by atoms with E-state index >= 15 is 0 Å². The van der Waals surface area contributed by atoms with Gasteiger partial charge in [-0.3, -0.25) is 4.90 Å². The highest BCUT2D eigenvalue weighted by atomic mass is 15.2. The lowest BCUT2D eigenvalue weighted by molar-refractivity contribution is 0.0734. The lowest BCUT2D eigenvalue weighted by atomic mass is 9.81. The fourth-order valence-corrected chi connectivity index (χ4v) is 3.20. The Balaban J connectivity index is 2.74. The predicted octanol–water partition coefficient (Wildman–Crippen LogP) is 2.77. The zero-order chi connectivity index (χ0) is 11.3. The summed E-state index contributed by atoms with van der Waals surface area (Å²) < 4.78 is 0. The van der Waals surface area contributed by atoms with Gasteiger partial charge in [-0.25, -0.2) is 0 Å². The molecule has 0 radical (unpaired) electrons. The van der Waals surface area contributed by atoms with Crippen LogP contribution in [0.15, 0.2) is 0 Å². The molecule has 0 aromatic heterocycles. The van der Waals surface area contributed by atoms with Gasteiger partial charge in [-0.1, -0.05) is 27.2 Å². The fraction of sp³-hybridized carbons (Fsp3) is 1.00. The standard InChI is InChI=1S/C13H28N2/c1-4-9-12(14)13(5-2,6-3)15-10-7-8-11-15/h12H,4-11,14H2,1-3H3. The molecule has 0 aromatic carbocycles. The van der Waals surface area contributed by atoms with E-state index in [1.54, 1.807) is 0 Å². The van der Waals surface area contributed by atoms with Gasteiger partial charge in [0, 0.05) is 11.6 Å². The monoisotopic (exact) mass is 212 g/mol. The van der Waals surface area contributed by atoms with Crippen molar-refractivity contribution in [1.82, 2.24) is 4.90 Å². The van der Waals surface area contributed by atoms with Gasteiger partial charge in [-0.05, 0) is 45.2 Å². The molecule has 1 rings (SSSR count). The minimum absolute atomic E-state index is 0.284. The average molecular weight is 212 g/mol. The summed E-state index contributed by atoms with van der Waals surface area (Å²) >= 11 is 0. The van der Waals surface area contributed by atoms with Crippen LogP contribution in [0.4, 0.5) is 0 Å². The number of hydrogen-bond donors (Lipinski definition) is 1. The molecule has 0 aromatic rings. The normalized spacial score (nSPS) is 20.8. The highest BCUT2D eigenvalue weighted by molar-refractivity contribution is 4.98. The zero-order valence-electron chi connectivity index (χ0n) is 10.8. The molecule has 1 aliphatic heterocycles. The highest BCUT2D eigenvalue weighted by Gasteiger charge is 2.39. The third-order valence-electron chi connectivity index (χ3n) is 4.25. The molecule has 0 saturated carbocycles. The lowest BCUT2D eigenvalue weighted by Crippen LogP contribution is -2.58. The third-order valence-corrected chi connectivity index (χ3v) is 4.25. The lowest BCUT2D eigenvalue weighted by Gasteiger charge is -2.45. The smallest absolute Gasteiger partial charge is 0.0355 e. The van der Waals surface area contributed by atoms with Crippen LogP contribution in [-0.2, 0) is 0 Å². The minimum Gasteiger partial charge on any atom is -0.326 e. The van der Waals surface area contributed by atoms with Crippen LogP contribution in [0.25, 0.3) is 0 Å². The van der Waals surface area contributed by atoms with Crippen molar-refractivity contribution in [2.45, 2.75) is 70.9 Å². The highest BCUT2D eigenvalue weighted by Crippen LogP contribution is 2.32. The van der Waals surface area contributed by atoms with Crippen LogP contribution in [-0.4, -0.2) is 29.6 Å². The summed E-state index contributed by atoms with van der Waals surface area (Å²) in [6, 6.07) is 0.357. The first-order valence-electron chi connectivity index (χ1n) is 6.71. The summed E-state index contributed by atoms with van der Waals surface area (Å²) in [6.07, 6.45) is 7.49. The average Bonchev–Trinajstić information content (AvgIpc) is 2.75. The summed E-state index contributed by atoms with van der Waals surface area (Å²) in [4.78, 5) is 2.66. The number of nitrogens with zero attached hydrogens (tertiary/aromatic N) is 1. The Morgan fingerprint density at radius 2 is 1.67 bits per heavy atom. The molecule has 15 heavy (non-hydrogen) atoms. The number of nitrogens with two attached hydrogens (primary N) is 1. The van der Waals surface area contributed by atoms with E-state index in [-0.39, 0.29) is 5.54 Å². The van der Waals surface area contributed by atoms with Gasteiger partial charge in [-0.15, -0.1) is 0 Å².